The Bertz CT molecular complexity index is 624. The molecule has 1 heterocycles. The van der Waals surface area contributed by atoms with Crippen LogP contribution in [0.4, 0.5) is 11.4 Å². The number of nitrogens with two attached hydrogens (primary N) is 1. The average molecular weight is 333 g/mol. The standard InChI is InChI=1S/C11H10Cl2N4O2S/c1-5-16-17-11(19-5)20-4-9(18)15-10-7(13)2-6(12)3-8(10)14/h2-3H,4,14H2,1H3,(H,15,18). The molecule has 0 aliphatic carbocycles. The molecule has 0 saturated heterocycles. The van der Waals surface area contributed by atoms with Gasteiger partial charge in [-0.1, -0.05) is 35.0 Å². The number of halogens is 2. The third-order valence-corrected chi connectivity index (χ3v) is 3.52. The number of amides is 1. The highest BCUT2D eigenvalue weighted by Crippen LogP contribution is 2.32. The maximum absolute atomic E-state index is 11.8. The molecule has 0 unspecified atom stereocenters. The number of carbonyl (C=O) groups is 1. The normalized spacial score (nSPS) is 10.6. The molecule has 0 atom stereocenters. The molecule has 0 aliphatic rings. The van der Waals surface area contributed by atoms with Crippen molar-refractivity contribution in [3.05, 3.63) is 28.1 Å². The van der Waals surface area contributed by atoms with Gasteiger partial charge in [-0.05, 0) is 12.1 Å². The Morgan fingerprint density at radius 1 is 1.45 bits per heavy atom. The van der Waals surface area contributed by atoms with E-state index in [1.807, 2.05) is 0 Å². The summed E-state index contributed by atoms with van der Waals surface area (Å²) < 4.78 is 5.14. The van der Waals surface area contributed by atoms with Crippen LogP contribution in [0.25, 0.3) is 0 Å². The Kier molecular flexibility index (Phi) is 4.74. The molecule has 6 nitrogen and oxygen atoms in total. The number of benzene rings is 1. The maximum Gasteiger partial charge on any atom is 0.277 e. The van der Waals surface area contributed by atoms with Crippen LogP contribution in [0.1, 0.15) is 5.89 Å². The van der Waals surface area contributed by atoms with Gasteiger partial charge in [-0.3, -0.25) is 4.79 Å². The molecule has 0 radical (unpaired) electrons. The second-order valence-corrected chi connectivity index (χ2v) is 5.55. The fourth-order valence-corrected chi connectivity index (χ4v) is 2.53. The quantitative estimate of drug-likeness (QED) is 0.660. The van der Waals surface area contributed by atoms with Crippen molar-refractivity contribution < 1.29 is 9.21 Å². The van der Waals surface area contributed by atoms with Gasteiger partial charge in [0, 0.05) is 11.9 Å². The summed E-state index contributed by atoms with van der Waals surface area (Å²) >= 11 is 12.9. The van der Waals surface area contributed by atoms with Crippen LogP contribution in [0.2, 0.25) is 10.0 Å². The van der Waals surface area contributed by atoms with E-state index in [9.17, 15) is 4.79 Å². The van der Waals surface area contributed by atoms with Gasteiger partial charge in [0.05, 0.1) is 22.2 Å². The number of hydrogen-bond donors (Lipinski definition) is 2. The third-order valence-electron chi connectivity index (χ3n) is 2.18. The van der Waals surface area contributed by atoms with Crippen LogP contribution < -0.4 is 11.1 Å². The summed E-state index contributed by atoms with van der Waals surface area (Å²) in [7, 11) is 0. The summed E-state index contributed by atoms with van der Waals surface area (Å²) in [6.45, 7) is 1.67. The lowest BCUT2D eigenvalue weighted by Gasteiger charge is -2.10. The minimum atomic E-state index is -0.290. The van der Waals surface area contributed by atoms with Crippen LogP contribution in [0.3, 0.4) is 0 Å². The molecular formula is C11H10Cl2N4O2S. The zero-order valence-electron chi connectivity index (χ0n) is 10.3. The number of aromatic nitrogens is 2. The van der Waals surface area contributed by atoms with Crippen molar-refractivity contribution in [3.63, 3.8) is 0 Å². The van der Waals surface area contributed by atoms with Crippen molar-refractivity contribution in [2.24, 2.45) is 0 Å². The third kappa shape index (κ3) is 3.78. The monoisotopic (exact) mass is 332 g/mol. The van der Waals surface area contributed by atoms with Gasteiger partial charge in [-0.2, -0.15) is 0 Å². The van der Waals surface area contributed by atoms with Crippen molar-refractivity contribution in [3.8, 4) is 0 Å². The van der Waals surface area contributed by atoms with Gasteiger partial charge in [-0.25, -0.2) is 0 Å². The molecule has 2 rings (SSSR count). The van der Waals surface area contributed by atoms with Gasteiger partial charge >= 0.3 is 0 Å². The van der Waals surface area contributed by atoms with Crippen molar-refractivity contribution >= 4 is 52.2 Å². The molecule has 0 saturated carbocycles. The molecule has 0 aliphatic heterocycles. The SMILES string of the molecule is Cc1nnc(SCC(=O)Nc2c(N)cc(Cl)cc2Cl)o1. The molecular weight excluding hydrogens is 323 g/mol. The smallest absolute Gasteiger partial charge is 0.277 e. The van der Waals surface area contributed by atoms with Crippen LogP contribution >= 0.6 is 35.0 Å². The Morgan fingerprint density at radius 3 is 2.80 bits per heavy atom. The number of nitrogens with one attached hydrogen (secondary N) is 1. The largest absolute Gasteiger partial charge is 0.416 e. The summed E-state index contributed by atoms with van der Waals surface area (Å²) in [6, 6.07) is 3.02. The van der Waals surface area contributed by atoms with Crippen molar-refractivity contribution in [1.29, 1.82) is 0 Å². The van der Waals surface area contributed by atoms with Gasteiger partial charge in [0.25, 0.3) is 5.22 Å². The zero-order valence-corrected chi connectivity index (χ0v) is 12.6. The second kappa shape index (κ2) is 6.34. The van der Waals surface area contributed by atoms with Gasteiger partial charge in [0.1, 0.15) is 0 Å². The maximum atomic E-state index is 11.8. The van der Waals surface area contributed by atoms with E-state index in [4.69, 9.17) is 33.4 Å². The zero-order chi connectivity index (χ0) is 14.7. The number of aryl methyl sites for hydroxylation is 1. The molecule has 1 aromatic carbocycles. The number of rotatable bonds is 4. The highest BCUT2D eigenvalue weighted by molar-refractivity contribution is 7.99. The van der Waals surface area contributed by atoms with Crippen LogP contribution in [0.5, 0.6) is 0 Å². The fraction of sp³-hybridized carbons (Fsp3) is 0.182. The minimum absolute atomic E-state index is 0.0973. The molecule has 1 amide bonds. The lowest BCUT2D eigenvalue weighted by molar-refractivity contribution is -0.113. The Hall–Kier alpha value is -1.44. The lowest BCUT2D eigenvalue weighted by Crippen LogP contribution is -2.15. The molecule has 106 valence electrons. The molecule has 3 N–H and O–H groups in total. The average Bonchev–Trinajstić information content (AvgIpc) is 2.77. The first-order valence-corrected chi connectivity index (χ1v) is 7.17. The Morgan fingerprint density at radius 2 is 2.20 bits per heavy atom. The molecule has 2 aromatic rings. The van der Waals surface area contributed by atoms with Crippen LogP contribution in [-0.2, 0) is 4.79 Å². The number of nitrogens with zero attached hydrogens (tertiary/aromatic N) is 2. The van der Waals surface area contributed by atoms with E-state index in [1.54, 1.807) is 6.92 Å². The van der Waals surface area contributed by atoms with Crippen molar-refractivity contribution in [1.82, 2.24) is 10.2 Å². The van der Waals surface area contributed by atoms with Crippen LogP contribution in [-0.4, -0.2) is 21.9 Å². The molecule has 0 spiro atoms. The van der Waals surface area contributed by atoms with Gasteiger partial charge < -0.3 is 15.5 Å². The van der Waals surface area contributed by atoms with E-state index >= 15 is 0 Å². The van der Waals surface area contributed by atoms with E-state index in [0.717, 1.165) is 11.8 Å². The number of anilines is 2. The van der Waals surface area contributed by atoms with E-state index in [-0.39, 0.29) is 16.7 Å². The topological polar surface area (TPSA) is 94.0 Å². The predicted octanol–water partition coefficient (Wildman–Crippen LogP) is 3.00. The minimum Gasteiger partial charge on any atom is -0.416 e. The molecule has 9 heteroatoms. The summed E-state index contributed by atoms with van der Waals surface area (Å²) in [6.07, 6.45) is 0. The van der Waals surface area contributed by atoms with E-state index < -0.39 is 0 Å². The predicted molar refractivity (Wildman–Crippen MR) is 79.3 cm³/mol. The number of carbonyl (C=O) groups excluding carboxylic acids is 1. The highest BCUT2D eigenvalue weighted by atomic mass is 35.5. The number of nitrogen functional groups attached to an aromatic ring is 1. The lowest BCUT2D eigenvalue weighted by atomic mass is 10.2. The van der Waals surface area contributed by atoms with Gasteiger partial charge in [-0.15, -0.1) is 10.2 Å². The second-order valence-electron chi connectivity index (χ2n) is 3.78. The van der Waals surface area contributed by atoms with E-state index in [2.05, 4.69) is 15.5 Å². The van der Waals surface area contributed by atoms with Crippen LogP contribution in [0.15, 0.2) is 21.8 Å². The first-order valence-electron chi connectivity index (χ1n) is 5.43. The van der Waals surface area contributed by atoms with E-state index in [1.165, 1.54) is 12.1 Å². The molecule has 1 aromatic heterocycles. The molecule has 0 bridgehead atoms. The first kappa shape index (κ1) is 15.0. The Balaban J connectivity index is 1.98. The summed E-state index contributed by atoms with van der Waals surface area (Å²) in [4.78, 5) is 11.8. The van der Waals surface area contributed by atoms with Crippen LogP contribution in [0, 0.1) is 6.92 Å². The van der Waals surface area contributed by atoms with Crippen molar-refractivity contribution in [2.45, 2.75) is 12.1 Å². The summed E-state index contributed by atoms with van der Waals surface area (Å²) in [5.74, 6) is 0.250. The highest BCUT2D eigenvalue weighted by Gasteiger charge is 2.12. The fourth-order valence-electron chi connectivity index (χ4n) is 1.36. The van der Waals surface area contributed by atoms with Crippen molar-refractivity contribution in [2.75, 3.05) is 16.8 Å². The van der Waals surface area contributed by atoms with Gasteiger partial charge in [0.15, 0.2) is 0 Å². The van der Waals surface area contributed by atoms with Gasteiger partial charge in [0.2, 0.25) is 11.8 Å². The Labute approximate surface area is 129 Å². The summed E-state index contributed by atoms with van der Waals surface area (Å²) in [5, 5.41) is 11.1. The molecule has 0 fully saturated rings. The number of hydrogen-bond acceptors (Lipinski definition) is 6. The van der Waals surface area contributed by atoms with E-state index in [0.29, 0.717) is 27.5 Å². The first-order chi connectivity index (χ1) is 9.45. The summed E-state index contributed by atoms with van der Waals surface area (Å²) in [5.41, 5.74) is 6.39. The number of thioether (sulfide) groups is 1. The molecule has 20 heavy (non-hydrogen) atoms.